The minimum atomic E-state index is -0.169. The van der Waals surface area contributed by atoms with Gasteiger partial charge in [0.15, 0.2) is 0 Å². The van der Waals surface area contributed by atoms with E-state index < -0.39 is 0 Å². The van der Waals surface area contributed by atoms with Crippen LogP contribution in [0.1, 0.15) is 70.5 Å². The Labute approximate surface area is 134 Å². The molecule has 122 valence electrons. The molecule has 0 radical (unpaired) electrons. The van der Waals surface area contributed by atoms with Gasteiger partial charge in [-0.1, -0.05) is 52.0 Å². The molecule has 0 heterocycles. The summed E-state index contributed by atoms with van der Waals surface area (Å²) in [5, 5.41) is 6.57. The number of hydrogen-bond donors (Lipinski definition) is 2. The van der Waals surface area contributed by atoms with Crippen molar-refractivity contribution in [2.75, 3.05) is 0 Å². The highest BCUT2D eigenvalue weighted by molar-refractivity contribution is 5.81. The van der Waals surface area contributed by atoms with Crippen molar-refractivity contribution in [2.24, 2.45) is 5.92 Å². The second kappa shape index (κ2) is 7.28. The van der Waals surface area contributed by atoms with Crippen LogP contribution in [0.25, 0.3) is 0 Å². The van der Waals surface area contributed by atoms with Crippen LogP contribution in [0.5, 0.6) is 0 Å². The van der Waals surface area contributed by atoms with E-state index in [2.05, 4.69) is 62.6 Å². The summed E-state index contributed by atoms with van der Waals surface area (Å²) >= 11 is 0. The highest BCUT2D eigenvalue weighted by Crippen LogP contribution is 2.25. The largest absolute Gasteiger partial charge is 0.352 e. The predicted octanol–water partition coefficient (Wildman–Crippen LogP) is 3.76. The van der Waals surface area contributed by atoms with Crippen molar-refractivity contribution in [1.82, 2.24) is 10.6 Å². The van der Waals surface area contributed by atoms with Gasteiger partial charge in [-0.25, -0.2) is 0 Å². The van der Waals surface area contributed by atoms with Gasteiger partial charge in [-0.2, -0.15) is 0 Å². The number of amides is 1. The molecule has 2 N–H and O–H groups in total. The Kier molecular flexibility index (Phi) is 5.63. The van der Waals surface area contributed by atoms with Crippen LogP contribution in [0, 0.1) is 5.92 Å². The van der Waals surface area contributed by atoms with E-state index in [0.29, 0.717) is 17.9 Å². The van der Waals surface area contributed by atoms with E-state index in [1.807, 2.05) is 6.92 Å². The van der Waals surface area contributed by atoms with Gasteiger partial charge < -0.3 is 5.32 Å². The van der Waals surface area contributed by atoms with E-state index in [0.717, 1.165) is 12.8 Å². The SMILES string of the molecule is CC(C)c1ccc([C@@H](N[C@H](C)C(=O)NC2CC2)C(C)C)cc1. The molecule has 0 bridgehead atoms. The molecular formula is C19H30N2O. The fourth-order valence-electron chi connectivity index (χ4n) is 2.66. The van der Waals surface area contributed by atoms with Gasteiger partial charge in [0.25, 0.3) is 0 Å². The molecule has 3 nitrogen and oxygen atoms in total. The third kappa shape index (κ3) is 4.57. The summed E-state index contributed by atoms with van der Waals surface area (Å²) in [6.07, 6.45) is 2.26. The molecule has 22 heavy (non-hydrogen) atoms. The number of carbonyl (C=O) groups excluding carboxylic acids is 1. The van der Waals surface area contributed by atoms with Crippen LogP contribution >= 0.6 is 0 Å². The summed E-state index contributed by atoms with van der Waals surface area (Å²) in [6, 6.07) is 9.23. The Balaban J connectivity index is 2.03. The second-order valence-electron chi connectivity index (χ2n) is 7.21. The summed E-state index contributed by atoms with van der Waals surface area (Å²) in [4.78, 5) is 12.2. The molecule has 0 saturated heterocycles. The van der Waals surface area contributed by atoms with Crippen molar-refractivity contribution < 1.29 is 4.79 Å². The summed E-state index contributed by atoms with van der Waals surface area (Å²) in [7, 11) is 0. The molecule has 1 amide bonds. The van der Waals surface area contributed by atoms with E-state index in [-0.39, 0.29) is 18.0 Å². The Bertz CT molecular complexity index is 489. The molecule has 3 heteroatoms. The lowest BCUT2D eigenvalue weighted by Crippen LogP contribution is -2.45. The van der Waals surface area contributed by atoms with Crippen LogP contribution in [-0.4, -0.2) is 18.0 Å². The smallest absolute Gasteiger partial charge is 0.237 e. The number of nitrogens with one attached hydrogen (secondary N) is 2. The number of hydrogen-bond acceptors (Lipinski definition) is 2. The number of carbonyl (C=O) groups is 1. The van der Waals surface area contributed by atoms with E-state index >= 15 is 0 Å². The molecule has 1 fully saturated rings. The van der Waals surface area contributed by atoms with Crippen LogP contribution in [0.2, 0.25) is 0 Å². The predicted molar refractivity (Wildman–Crippen MR) is 91.9 cm³/mol. The fraction of sp³-hybridized carbons (Fsp3) is 0.632. The second-order valence-corrected chi connectivity index (χ2v) is 7.21. The van der Waals surface area contributed by atoms with Crippen LogP contribution in [0.15, 0.2) is 24.3 Å². The van der Waals surface area contributed by atoms with E-state index in [1.54, 1.807) is 0 Å². The molecule has 0 spiro atoms. The standard InChI is InChI=1S/C19H30N2O/c1-12(2)15-6-8-16(9-7-15)18(13(3)4)20-14(5)19(22)21-17-10-11-17/h6-9,12-14,17-18,20H,10-11H2,1-5H3,(H,21,22)/t14-,18+/m1/s1. The van der Waals surface area contributed by atoms with Crippen LogP contribution < -0.4 is 10.6 Å². The van der Waals surface area contributed by atoms with Gasteiger partial charge in [0.2, 0.25) is 5.91 Å². The van der Waals surface area contributed by atoms with Crippen molar-refractivity contribution >= 4 is 5.91 Å². The first kappa shape index (κ1) is 17.0. The third-order valence-electron chi connectivity index (χ3n) is 4.38. The molecule has 0 unspecified atom stereocenters. The maximum atomic E-state index is 12.2. The molecule has 1 saturated carbocycles. The Morgan fingerprint density at radius 3 is 2.00 bits per heavy atom. The quantitative estimate of drug-likeness (QED) is 0.805. The summed E-state index contributed by atoms with van der Waals surface area (Å²) in [5.74, 6) is 1.09. The van der Waals surface area contributed by atoms with Gasteiger partial charge in [-0.05, 0) is 42.7 Å². The van der Waals surface area contributed by atoms with Gasteiger partial charge in [0.1, 0.15) is 0 Å². The van der Waals surface area contributed by atoms with Gasteiger partial charge in [-0.15, -0.1) is 0 Å². The molecular weight excluding hydrogens is 272 g/mol. The molecule has 2 atom stereocenters. The monoisotopic (exact) mass is 302 g/mol. The van der Waals surface area contributed by atoms with Gasteiger partial charge in [-0.3, -0.25) is 10.1 Å². The van der Waals surface area contributed by atoms with E-state index in [9.17, 15) is 4.79 Å². The lowest BCUT2D eigenvalue weighted by atomic mass is 9.93. The average molecular weight is 302 g/mol. The third-order valence-corrected chi connectivity index (χ3v) is 4.38. The Hall–Kier alpha value is -1.35. The Morgan fingerprint density at radius 1 is 1.00 bits per heavy atom. The van der Waals surface area contributed by atoms with Crippen molar-refractivity contribution in [3.8, 4) is 0 Å². The summed E-state index contributed by atoms with van der Waals surface area (Å²) < 4.78 is 0. The van der Waals surface area contributed by atoms with E-state index in [1.165, 1.54) is 11.1 Å². The van der Waals surface area contributed by atoms with Crippen LogP contribution in [-0.2, 0) is 4.79 Å². The van der Waals surface area contributed by atoms with E-state index in [4.69, 9.17) is 0 Å². The van der Waals surface area contributed by atoms with Crippen molar-refractivity contribution in [1.29, 1.82) is 0 Å². The zero-order chi connectivity index (χ0) is 16.3. The van der Waals surface area contributed by atoms with Crippen molar-refractivity contribution in [3.63, 3.8) is 0 Å². The van der Waals surface area contributed by atoms with Gasteiger partial charge in [0, 0.05) is 12.1 Å². The molecule has 1 aliphatic carbocycles. The van der Waals surface area contributed by atoms with Crippen LogP contribution in [0.4, 0.5) is 0 Å². The van der Waals surface area contributed by atoms with Gasteiger partial charge >= 0.3 is 0 Å². The highest BCUT2D eigenvalue weighted by Gasteiger charge is 2.27. The summed E-state index contributed by atoms with van der Waals surface area (Å²) in [6.45, 7) is 10.8. The first-order valence-corrected chi connectivity index (χ1v) is 8.54. The molecule has 2 rings (SSSR count). The first-order chi connectivity index (χ1) is 10.4. The maximum absolute atomic E-state index is 12.2. The molecule has 0 aromatic heterocycles. The minimum absolute atomic E-state index is 0.118. The topological polar surface area (TPSA) is 41.1 Å². The number of rotatable bonds is 7. The maximum Gasteiger partial charge on any atom is 0.237 e. The normalized spacial score (nSPS) is 17.6. The summed E-state index contributed by atoms with van der Waals surface area (Å²) in [5.41, 5.74) is 2.61. The molecule has 0 aliphatic heterocycles. The van der Waals surface area contributed by atoms with Crippen LogP contribution in [0.3, 0.4) is 0 Å². The lowest BCUT2D eigenvalue weighted by Gasteiger charge is -2.27. The molecule has 1 aliphatic rings. The van der Waals surface area contributed by atoms with Crippen molar-refractivity contribution in [3.05, 3.63) is 35.4 Å². The average Bonchev–Trinajstić information content (AvgIpc) is 3.28. The Morgan fingerprint density at radius 2 is 1.55 bits per heavy atom. The zero-order valence-corrected chi connectivity index (χ0v) is 14.5. The molecule has 1 aromatic rings. The van der Waals surface area contributed by atoms with Gasteiger partial charge in [0.05, 0.1) is 6.04 Å². The van der Waals surface area contributed by atoms with Crippen molar-refractivity contribution in [2.45, 2.75) is 71.5 Å². The number of benzene rings is 1. The highest BCUT2D eigenvalue weighted by atomic mass is 16.2. The zero-order valence-electron chi connectivity index (χ0n) is 14.5. The first-order valence-electron chi connectivity index (χ1n) is 8.54. The lowest BCUT2D eigenvalue weighted by molar-refractivity contribution is -0.123. The minimum Gasteiger partial charge on any atom is -0.352 e. The molecule has 1 aromatic carbocycles. The fourth-order valence-corrected chi connectivity index (χ4v) is 2.66.